The third-order valence-corrected chi connectivity index (χ3v) is 3.94. The fraction of sp³-hybridized carbons (Fsp3) is 0.125. The molecule has 0 fully saturated rings. The molecular formula is C16H12BrFN2O. The largest absolute Gasteiger partial charge is 0.313 e. The molecule has 0 saturated heterocycles. The van der Waals surface area contributed by atoms with Crippen LogP contribution in [0.4, 0.5) is 10.1 Å². The van der Waals surface area contributed by atoms with E-state index in [0.717, 1.165) is 15.7 Å². The third kappa shape index (κ3) is 2.49. The molecular weight excluding hydrogens is 330 g/mol. The fourth-order valence-electron chi connectivity index (χ4n) is 2.35. The molecule has 0 unspecified atom stereocenters. The Morgan fingerprint density at radius 3 is 2.71 bits per heavy atom. The summed E-state index contributed by atoms with van der Waals surface area (Å²) in [7, 11) is 1.70. The Hall–Kier alpha value is -2.01. The molecule has 0 aromatic heterocycles. The fourth-order valence-corrected chi connectivity index (χ4v) is 2.71. The zero-order valence-electron chi connectivity index (χ0n) is 11.3. The minimum atomic E-state index is -0.348. The molecule has 0 saturated carbocycles. The van der Waals surface area contributed by atoms with Crippen molar-refractivity contribution in [3.8, 4) is 0 Å². The Morgan fingerprint density at radius 2 is 1.95 bits per heavy atom. The van der Waals surface area contributed by atoms with Gasteiger partial charge in [0, 0.05) is 22.6 Å². The quantitative estimate of drug-likeness (QED) is 0.782. The monoisotopic (exact) mass is 342 g/mol. The first-order valence-electron chi connectivity index (χ1n) is 6.44. The number of carbonyl (C=O) groups is 1. The number of nitrogens with zero attached hydrogens (tertiary/aromatic N) is 2. The number of benzene rings is 2. The molecule has 0 aliphatic carbocycles. The summed E-state index contributed by atoms with van der Waals surface area (Å²) in [6, 6.07) is 12.0. The maximum atomic E-state index is 14.1. The summed E-state index contributed by atoms with van der Waals surface area (Å²) in [5.74, 6) is -0.468. The summed E-state index contributed by atoms with van der Waals surface area (Å²) in [6.45, 7) is 0.00642. The predicted octanol–water partition coefficient (Wildman–Crippen LogP) is 3.40. The molecule has 2 aromatic carbocycles. The van der Waals surface area contributed by atoms with Gasteiger partial charge in [0.2, 0.25) is 5.91 Å². The van der Waals surface area contributed by atoms with E-state index in [0.29, 0.717) is 11.3 Å². The summed E-state index contributed by atoms with van der Waals surface area (Å²) in [4.78, 5) is 17.9. The van der Waals surface area contributed by atoms with E-state index in [1.165, 1.54) is 6.07 Å². The van der Waals surface area contributed by atoms with Gasteiger partial charge in [0.05, 0.1) is 11.4 Å². The lowest BCUT2D eigenvalue weighted by Crippen LogP contribution is -2.27. The average Bonchev–Trinajstić information content (AvgIpc) is 2.59. The number of benzodiazepines with no additional fused rings is 1. The predicted molar refractivity (Wildman–Crippen MR) is 84.5 cm³/mol. The Labute approximate surface area is 130 Å². The molecule has 0 N–H and O–H groups in total. The molecule has 0 bridgehead atoms. The summed E-state index contributed by atoms with van der Waals surface area (Å²) in [5, 5.41) is 0. The molecule has 0 atom stereocenters. The van der Waals surface area contributed by atoms with E-state index < -0.39 is 0 Å². The van der Waals surface area contributed by atoms with Crippen molar-refractivity contribution in [2.24, 2.45) is 4.99 Å². The minimum Gasteiger partial charge on any atom is -0.313 e. The van der Waals surface area contributed by atoms with Crippen molar-refractivity contribution in [1.29, 1.82) is 0 Å². The number of likely N-dealkylation sites (N-methyl/N-ethyl adjacent to an activating group) is 1. The van der Waals surface area contributed by atoms with Crippen LogP contribution in [0.2, 0.25) is 0 Å². The van der Waals surface area contributed by atoms with E-state index in [1.54, 1.807) is 30.1 Å². The lowest BCUT2D eigenvalue weighted by molar-refractivity contribution is -0.116. The summed E-state index contributed by atoms with van der Waals surface area (Å²) >= 11 is 3.42. The number of fused-ring (bicyclic) bond motifs is 1. The van der Waals surface area contributed by atoms with Crippen LogP contribution in [-0.4, -0.2) is 25.2 Å². The number of carbonyl (C=O) groups excluding carboxylic acids is 1. The van der Waals surface area contributed by atoms with Crippen LogP contribution in [0.1, 0.15) is 11.1 Å². The van der Waals surface area contributed by atoms with E-state index in [2.05, 4.69) is 20.9 Å². The molecule has 1 heterocycles. The number of hydrogen-bond donors (Lipinski definition) is 0. The molecule has 0 radical (unpaired) electrons. The third-order valence-electron chi connectivity index (χ3n) is 3.45. The Bertz CT molecular complexity index is 758. The minimum absolute atomic E-state index is 0.00642. The number of anilines is 1. The molecule has 3 nitrogen and oxygen atoms in total. The van der Waals surface area contributed by atoms with E-state index in [-0.39, 0.29) is 18.3 Å². The van der Waals surface area contributed by atoms with Crippen molar-refractivity contribution in [3.63, 3.8) is 0 Å². The van der Waals surface area contributed by atoms with Crippen LogP contribution in [0.25, 0.3) is 0 Å². The van der Waals surface area contributed by atoms with E-state index in [1.807, 2.05) is 18.2 Å². The lowest BCUT2D eigenvalue weighted by Gasteiger charge is -2.18. The standard InChI is InChI=1S/C16H12BrFN2O/c1-20-14-7-6-10(17)8-12(14)16(19-9-15(20)21)11-4-2-3-5-13(11)18/h2-8H,9H2,1H3/i17-5. The molecule has 21 heavy (non-hydrogen) atoms. The molecule has 0 spiro atoms. The lowest BCUT2D eigenvalue weighted by atomic mass is 10.00. The van der Waals surface area contributed by atoms with Gasteiger partial charge >= 0.3 is 0 Å². The van der Waals surface area contributed by atoms with Crippen LogP contribution in [-0.2, 0) is 4.79 Å². The van der Waals surface area contributed by atoms with E-state index >= 15 is 0 Å². The molecule has 5 heteroatoms. The van der Waals surface area contributed by atoms with Gasteiger partial charge < -0.3 is 4.90 Å². The van der Waals surface area contributed by atoms with Crippen molar-refractivity contribution in [1.82, 2.24) is 0 Å². The summed E-state index contributed by atoms with van der Waals surface area (Å²) < 4.78 is 15.0. The van der Waals surface area contributed by atoms with Gasteiger partial charge in [-0.2, -0.15) is 0 Å². The Kier molecular flexibility index (Phi) is 3.59. The van der Waals surface area contributed by atoms with Crippen molar-refractivity contribution >= 4 is 33.2 Å². The van der Waals surface area contributed by atoms with Gasteiger partial charge in [-0.3, -0.25) is 9.79 Å². The average molecular weight is 342 g/mol. The molecule has 3 rings (SSSR count). The maximum absolute atomic E-state index is 14.1. The van der Waals surface area contributed by atoms with Gasteiger partial charge in [0.15, 0.2) is 0 Å². The highest BCUT2D eigenvalue weighted by Crippen LogP contribution is 2.29. The van der Waals surface area contributed by atoms with Gasteiger partial charge in [0.1, 0.15) is 12.4 Å². The first-order valence-corrected chi connectivity index (χ1v) is 7.23. The first kappa shape index (κ1) is 13.9. The Balaban J connectivity index is 2.26. The summed E-state index contributed by atoms with van der Waals surface area (Å²) in [6.07, 6.45) is 0. The number of rotatable bonds is 1. The van der Waals surface area contributed by atoms with Gasteiger partial charge in [0.25, 0.3) is 0 Å². The highest BCUT2D eigenvalue weighted by atomic mass is 74.9. The second-order valence-electron chi connectivity index (χ2n) is 4.76. The summed E-state index contributed by atoms with van der Waals surface area (Å²) in [5.41, 5.74) is 2.37. The highest BCUT2D eigenvalue weighted by molar-refractivity contribution is 9.10. The molecule has 1 aliphatic rings. The first-order chi connectivity index (χ1) is 10.1. The van der Waals surface area contributed by atoms with Crippen LogP contribution in [0, 0.1) is 5.82 Å². The molecule has 106 valence electrons. The van der Waals surface area contributed by atoms with Crippen LogP contribution in [0.5, 0.6) is 0 Å². The molecule has 2 aromatic rings. The Morgan fingerprint density at radius 1 is 1.19 bits per heavy atom. The van der Waals surface area contributed by atoms with Gasteiger partial charge in [-0.05, 0) is 30.3 Å². The van der Waals surface area contributed by atoms with Gasteiger partial charge in [-0.25, -0.2) is 4.39 Å². The number of hydrogen-bond acceptors (Lipinski definition) is 2. The molecule has 1 aliphatic heterocycles. The van der Waals surface area contributed by atoms with Crippen molar-refractivity contribution in [3.05, 3.63) is 63.9 Å². The maximum Gasteiger partial charge on any atom is 0.248 e. The molecule has 1 amide bonds. The SMILES string of the molecule is CN1C(=O)CN=C(c2ccccc2F)c2cc([75Br])ccc21. The van der Waals surface area contributed by atoms with Crippen molar-refractivity contribution in [2.75, 3.05) is 18.5 Å². The van der Waals surface area contributed by atoms with Crippen LogP contribution < -0.4 is 4.90 Å². The van der Waals surface area contributed by atoms with E-state index in [9.17, 15) is 9.18 Å². The zero-order valence-corrected chi connectivity index (χ0v) is 12.9. The van der Waals surface area contributed by atoms with Crippen LogP contribution in [0.3, 0.4) is 0 Å². The van der Waals surface area contributed by atoms with Crippen LogP contribution >= 0.6 is 15.9 Å². The smallest absolute Gasteiger partial charge is 0.248 e. The van der Waals surface area contributed by atoms with Crippen LogP contribution in [0.15, 0.2) is 51.9 Å². The second-order valence-corrected chi connectivity index (χ2v) is 5.67. The number of aliphatic imine (C=N–C) groups is 1. The van der Waals surface area contributed by atoms with E-state index in [4.69, 9.17) is 0 Å². The highest BCUT2D eigenvalue weighted by Gasteiger charge is 2.23. The number of halogens is 2. The van der Waals surface area contributed by atoms with Crippen molar-refractivity contribution < 1.29 is 9.18 Å². The van der Waals surface area contributed by atoms with Crippen molar-refractivity contribution in [2.45, 2.75) is 0 Å². The zero-order chi connectivity index (χ0) is 15.0. The topological polar surface area (TPSA) is 32.7 Å². The van der Waals surface area contributed by atoms with Gasteiger partial charge in [-0.15, -0.1) is 0 Å². The second kappa shape index (κ2) is 5.41. The normalized spacial score (nSPS) is 14.5. The van der Waals surface area contributed by atoms with Gasteiger partial charge in [-0.1, -0.05) is 28.1 Å². The number of amides is 1.